The first kappa shape index (κ1) is 16.5. The van der Waals surface area contributed by atoms with Crippen LogP contribution >= 0.6 is 0 Å². The van der Waals surface area contributed by atoms with Crippen LogP contribution in [0, 0.1) is 12.5 Å². The van der Waals surface area contributed by atoms with Crippen LogP contribution < -0.4 is 0 Å². The van der Waals surface area contributed by atoms with Gasteiger partial charge in [-0.2, -0.15) is 0 Å². The summed E-state index contributed by atoms with van der Waals surface area (Å²) in [4.78, 5) is 17.2. The van der Waals surface area contributed by atoms with Gasteiger partial charge in [0.2, 0.25) is 0 Å². The van der Waals surface area contributed by atoms with E-state index >= 15 is 0 Å². The Bertz CT molecular complexity index is 563. The molecule has 1 heterocycles. The second-order valence-electron chi connectivity index (χ2n) is 6.67. The Morgan fingerprint density at radius 3 is 2.50 bits per heavy atom. The molecule has 118 valence electrons. The van der Waals surface area contributed by atoms with Crippen LogP contribution in [0.15, 0.2) is 24.3 Å². The fourth-order valence-corrected chi connectivity index (χ4v) is 2.37. The number of ether oxygens (including phenoxy) is 1. The van der Waals surface area contributed by atoms with Crippen molar-refractivity contribution in [1.82, 2.24) is 4.90 Å². The third-order valence-corrected chi connectivity index (χ3v) is 3.54. The average Bonchev–Trinajstić information content (AvgIpc) is 2.40. The summed E-state index contributed by atoms with van der Waals surface area (Å²) in [6, 6.07) is 6.93. The van der Waals surface area contributed by atoms with Crippen molar-refractivity contribution in [3.05, 3.63) is 41.2 Å². The molecular weight excluding hydrogens is 280 g/mol. The van der Waals surface area contributed by atoms with Gasteiger partial charge in [-0.3, -0.25) is 9.69 Å². The van der Waals surface area contributed by atoms with Crippen molar-refractivity contribution in [2.45, 2.75) is 32.5 Å². The van der Waals surface area contributed by atoms with Gasteiger partial charge in [-0.05, 0) is 26.3 Å². The highest BCUT2D eigenvalue weighted by atomic mass is 16.6. The van der Waals surface area contributed by atoms with Crippen LogP contribution in [0.1, 0.15) is 32.4 Å². The molecule has 1 aliphatic rings. The van der Waals surface area contributed by atoms with Crippen molar-refractivity contribution < 1.29 is 14.6 Å². The Morgan fingerprint density at radius 2 is 2.00 bits per heavy atom. The maximum Gasteiger partial charge on any atom is 0.312 e. The second-order valence-corrected chi connectivity index (χ2v) is 6.67. The number of carbonyl (C=O) groups is 1. The molecule has 1 saturated heterocycles. The molecule has 0 amide bonds. The smallest absolute Gasteiger partial charge is 0.312 e. The molecule has 2 rings (SSSR count). The van der Waals surface area contributed by atoms with Gasteiger partial charge in [0.15, 0.2) is 5.69 Å². The Hall–Kier alpha value is -1.90. The van der Waals surface area contributed by atoms with Crippen LogP contribution in [-0.4, -0.2) is 41.2 Å². The largest absolute Gasteiger partial charge is 0.460 e. The van der Waals surface area contributed by atoms with E-state index in [0.29, 0.717) is 25.3 Å². The van der Waals surface area contributed by atoms with E-state index in [1.165, 1.54) is 0 Å². The maximum atomic E-state index is 11.9. The zero-order valence-electron chi connectivity index (χ0n) is 13.2. The molecule has 1 fully saturated rings. The molecule has 5 heteroatoms. The highest BCUT2D eigenvalue weighted by Gasteiger charge is 2.36. The topological polar surface area (TPSA) is 54.1 Å². The fourth-order valence-electron chi connectivity index (χ4n) is 2.37. The summed E-state index contributed by atoms with van der Waals surface area (Å²) in [6.07, 6.45) is -0.612. The third kappa shape index (κ3) is 4.30. The second kappa shape index (κ2) is 6.47. The van der Waals surface area contributed by atoms with Crippen molar-refractivity contribution in [2.75, 3.05) is 19.6 Å². The standard InChI is InChI=1S/C17H22N2O3/c1-17(2,3)22-16(21)13-9-19(10-13)11-15(20)12-5-7-14(18-4)8-6-12/h5-8,13,15,20H,9-11H2,1-3H3. The minimum atomic E-state index is -0.612. The minimum Gasteiger partial charge on any atom is -0.460 e. The van der Waals surface area contributed by atoms with Gasteiger partial charge in [-0.15, -0.1) is 0 Å². The van der Waals surface area contributed by atoms with Crippen LogP contribution in [0.4, 0.5) is 5.69 Å². The summed E-state index contributed by atoms with van der Waals surface area (Å²) in [5.74, 6) is -0.268. The minimum absolute atomic E-state index is 0.101. The van der Waals surface area contributed by atoms with Crippen LogP contribution in [0.3, 0.4) is 0 Å². The summed E-state index contributed by atoms with van der Waals surface area (Å²) < 4.78 is 5.35. The highest BCUT2D eigenvalue weighted by Crippen LogP contribution is 2.24. The van der Waals surface area contributed by atoms with Gasteiger partial charge < -0.3 is 9.84 Å². The Labute approximate surface area is 131 Å². The lowest BCUT2D eigenvalue weighted by Gasteiger charge is -2.39. The molecule has 0 aliphatic carbocycles. The van der Waals surface area contributed by atoms with E-state index in [4.69, 9.17) is 11.3 Å². The molecule has 1 aliphatic heterocycles. The molecule has 1 aromatic carbocycles. The number of aliphatic hydroxyl groups is 1. The number of esters is 1. The van der Waals surface area contributed by atoms with E-state index < -0.39 is 11.7 Å². The third-order valence-electron chi connectivity index (χ3n) is 3.54. The first-order valence-corrected chi connectivity index (χ1v) is 7.39. The summed E-state index contributed by atoms with van der Waals surface area (Å²) in [5.41, 5.74) is 0.889. The van der Waals surface area contributed by atoms with Crippen LogP contribution in [0.2, 0.25) is 0 Å². The van der Waals surface area contributed by atoms with E-state index in [9.17, 15) is 9.90 Å². The molecule has 0 aromatic heterocycles. The van der Waals surface area contributed by atoms with Crippen molar-refractivity contribution in [3.8, 4) is 0 Å². The molecule has 1 N–H and O–H groups in total. The lowest BCUT2D eigenvalue weighted by molar-refractivity contribution is -0.166. The highest BCUT2D eigenvalue weighted by molar-refractivity contribution is 5.74. The van der Waals surface area contributed by atoms with Crippen LogP contribution in [-0.2, 0) is 9.53 Å². The van der Waals surface area contributed by atoms with Crippen molar-refractivity contribution in [1.29, 1.82) is 0 Å². The van der Waals surface area contributed by atoms with Crippen LogP contribution in [0.25, 0.3) is 4.85 Å². The molecular formula is C17H22N2O3. The van der Waals surface area contributed by atoms with E-state index in [2.05, 4.69) is 4.85 Å². The Morgan fingerprint density at radius 1 is 1.41 bits per heavy atom. The molecule has 0 saturated carbocycles. The molecule has 22 heavy (non-hydrogen) atoms. The van der Waals surface area contributed by atoms with E-state index in [1.54, 1.807) is 24.3 Å². The number of benzene rings is 1. The van der Waals surface area contributed by atoms with Crippen molar-refractivity contribution >= 4 is 11.7 Å². The van der Waals surface area contributed by atoms with E-state index in [1.807, 2.05) is 25.7 Å². The lowest BCUT2D eigenvalue weighted by Crippen LogP contribution is -2.52. The SMILES string of the molecule is [C-]#[N+]c1ccc(C(O)CN2CC(C(=O)OC(C)(C)C)C2)cc1. The first-order valence-electron chi connectivity index (χ1n) is 7.39. The number of aliphatic hydroxyl groups excluding tert-OH is 1. The molecule has 0 bridgehead atoms. The van der Waals surface area contributed by atoms with E-state index in [-0.39, 0.29) is 11.9 Å². The molecule has 0 radical (unpaired) electrons. The molecule has 1 atom stereocenters. The Balaban J connectivity index is 1.79. The molecule has 1 aromatic rings. The fraction of sp³-hybridized carbons (Fsp3) is 0.529. The normalized spacial score (nSPS) is 17.4. The number of likely N-dealkylation sites (tertiary alicyclic amines) is 1. The quantitative estimate of drug-likeness (QED) is 0.686. The van der Waals surface area contributed by atoms with Crippen LogP contribution in [0.5, 0.6) is 0 Å². The van der Waals surface area contributed by atoms with E-state index in [0.717, 1.165) is 5.56 Å². The summed E-state index contributed by atoms with van der Waals surface area (Å²) in [7, 11) is 0. The predicted molar refractivity (Wildman–Crippen MR) is 83.4 cm³/mol. The summed E-state index contributed by atoms with van der Waals surface area (Å²) >= 11 is 0. The number of nitrogens with zero attached hydrogens (tertiary/aromatic N) is 2. The maximum absolute atomic E-state index is 11.9. The van der Waals surface area contributed by atoms with Gasteiger partial charge in [0, 0.05) is 19.6 Å². The predicted octanol–water partition coefficient (Wildman–Crippen LogP) is 2.54. The van der Waals surface area contributed by atoms with Gasteiger partial charge in [-0.1, -0.05) is 24.3 Å². The van der Waals surface area contributed by atoms with Crippen molar-refractivity contribution in [2.24, 2.45) is 5.92 Å². The van der Waals surface area contributed by atoms with Crippen molar-refractivity contribution in [3.63, 3.8) is 0 Å². The summed E-state index contributed by atoms with van der Waals surface area (Å²) in [6.45, 7) is 14.2. The monoisotopic (exact) mass is 302 g/mol. The number of hydrogen-bond donors (Lipinski definition) is 1. The molecule has 5 nitrogen and oxygen atoms in total. The number of β-amino-alcohol motifs (C(OH)–C–C–N with tert-alkyl or cyclic N) is 1. The number of hydrogen-bond acceptors (Lipinski definition) is 4. The zero-order chi connectivity index (χ0) is 16.3. The van der Waals surface area contributed by atoms with Gasteiger partial charge in [0.1, 0.15) is 5.60 Å². The van der Waals surface area contributed by atoms with Gasteiger partial charge in [0.05, 0.1) is 18.6 Å². The van der Waals surface area contributed by atoms with Gasteiger partial charge >= 0.3 is 5.97 Å². The average molecular weight is 302 g/mol. The first-order chi connectivity index (χ1) is 10.3. The number of rotatable bonds is 4. The van der Waals surface area contributed by atoms with Gasteiger partial charge in [-0.25, -0.2) is 4.85 Å². The lowest BCUT2D eigenvalue weighted by atomic mass is 9.98. The zero-order valence-corrected chi connectivity index (χ0v) is 13.2. The van der Waals surface area contributed by atoms with Gasteiger partial charge in [0.25, 0.3) is 0 Å². The number of carbonyl (C=O) groups excluding carboxylic acids is 1. The Kier molecular flexibility index (Phi) is 4.84. The molecule has 0 spiro atoms. The molecule has 1 unspecified atom stereocenters. The summed E-state index contributed by atoms with van der Waals surface area (Å²) in [5, 5.41) is 10.2.